The van der Waals surface area contributed by atoms with E-state index in [4.69, 9.17) is 14.7 Å². The van der Waals surface area contributed by atoms with Gasteiger partial charge in [-0.25, -0.2) is 5.48 Å². The third kappa shape index (κ3) is 6.85. The van der Waals surface area contributed by atoms with E-state index in [2.05, 4.69) is 19.1 Å². The van der Waals surface area contributed by atoms with Crippen LogP contribution in [-0.4, -0.2) is 36.5 Å². The molecular formula is C23H41NO4. The van der Waals surface area contributed by atoms with Crippen LogP contribution in [0, 0.1) is 17.3 Å². The number of hydroxylamine groups is 1. The Morgan fingerprint density at radius 1 is 1.14 bits per heavy atom. The van der Waals surface area contributed by atoms with Crippen LogP contribution in [0.3, 0.4) is 0 Å². The van der Waals surface area contributed by atoms with Gasteiger partial charge in [-0.05, 0) is 56.8 Å². The number of unbranched alkanes of at least 4 members (excludes halogenated alkanes) is 3. The number of carbonyl (C=O) groups excluding carboxylic acids is 1. The van der Waals surface area contributed by atoms with Gasteiger partial charge in [-0.1, -0.05) is 52.2 Å². The molecule has 0 aromatic rings. The largest absolute Gasteiger partial charge is 0.381 e. The highest BCUT2D eigenvalue weighted by atomic mass is 16.5. The van der Waals surface area contributed by atoms with Crippen LogP contribution in [-0.2, 0) is 14.3 Å². The van der Waals surface area contributed by atoms with Crippen molar-refractivity contribution in [2.45, 2.75) is 97.2 Å². The number of fused-ring (bicyclic) bond motifs is 2. The van der Waals surface area contributed by atoms with E-state index in [1.54, 1.807) is 5.48 Å². The Morgan fingerprint density at radius 3 is 2.61 bits per heavy atom. The minimum Gasteiger partial charge on any atom is -0.381 e. The quantitative estimate of drug-likeness (QED) is 0.187. The number of ether oxygens (including phenoxy) is 2. The molecule has 2 bridgehead atoms. The summed E-state index contributed by atoms with van der Waals surface area (Å²) in [7, 11) is 0. The number of allylic oxidation sites excluding steroid dienone is 2. The standard InChI is InChI=1S/C23H41NO4/c1-4-5-6-10-16-27-17-14-19-18(20-12-13-21(19)28-20)11-8-7-9-15-23(2,3)22(25)24-26/h7-8,18-21,26H,4-6,9-17H2,1-3H3,(H,24,25)/b8-7-/t18-,19+,20-,21+/m0/s1. The molecule has 0 aliphatic carbocycles. The molecule has 0 spiro atoms. The van der Waals surface area contributed by atoms with Crippen LogP contribution >= 0.6 is 0 Å². The Balaban J connectivity index is 1.68. The van der Waals surface area contributed by atoms with Crippen molar-refractivity contribution < 1.29 is 19.5 Å². The van der Waals surface area contributed by atoms with Crippen molar-refractivity contribution in [3.8, 4) is 0 Å². The number of hydrogen-bond donors (Lipinski definition) is 2. The number of carbonyl (C=O) groups is 1. The van der Waals surface area contributed by atoms with Crippen molar-refractivity contribution in [2.24, 2.45) is 17.3 Å². The minimum atomic E-state index is -0.550. The minimum absolute atomic E-state index is 0.322. The molecule has 2 fully saturated rings. The number of amides is 1. The lowest BCUT2D eigenvalue weighted by molar-refractivity contribution is -0.138. The second-order valence-electron chi connectivity index (χ2n) is 9.15. The molecule has 2 aliphatic rings. The Kier molecular flexibility index (Phi) is 9.96. The summed E-state index contributed by atoms with van der Waals surface area (Å²) in [6.07, 6.45) is 16.4. The molecule has 0 saturated carbocycles. The molecule has 162 valence electrons. The summed E-state index contributed by atoms with van der Waals surface area (Å²) in [5.74, 6) is 0.903. The van der Waals surface area contributed by atoms with Crippen molar-refractivity contribution in [1.82, 2.24) is 5.48 Å². The smallest absolute Gasteiger partial charge is 0.248 e. The molecule has 4 atom stereocenters. The maximum Gasteiger partial charge on any atom is 0.248 e. The molecule has 2 N–H and O–H groups in total. The molecule has 1 amide bonds. The van der Waals surface area contributed by atoms with E-state index in [1.807, 2.05) is 13.8 Å². The average molecular weight is 396 g/mol. The van der Waals surface area contributed by atoms with Crippen LogP contribution in [0.5, 0.6) is 0 Å². The maximum absolute atomic E-state index is 11.6. The molecule has 0 unspecified atom stereocenters. The van der Waals surface area contributed by atoms with E-state index < -0.39 is 5.41 Å². The Bertz CT molecular complexity index is 491. The van der Waals surface area contributed by atoms with Gasteiger partial charge >= 0.3 is 0 Å². The predicted octanol–water partition coefficient (Wildman–Crippen LogP) is 5.03. The maximum atomic E-state index is 11.6. The van der Waals surface area contributed by atoms with E-state index in [1.165, 1.54) is 38.5 Å². The van der Waals surface area contributed by atoms with Crippen LogP contribution in [0.15, 0.2) is 12.2 Å². The molecule has 0 aromatic heterocycles. The first-order valence-electron chi connectivity index (χ1n) is 11.3. The Labute approximate surface area is 171 Å². The zero-order valence-corrected chi connectivity index (χ0v) is 18.1. The van der Waals surface area contributed by atoms with Crippen LogP contribution in [0.4, 0.5) is 0 Å². The van der Waals surface area contributed by atoms with Gasteiger partial charge in [0.05, 0.1) is 12.2 Å². The Hall–Kier alpha value is -0.910. The van der Waals surface area contributed by atoms with Gasteiger partial charge in [0.25, 0.3) is 0 Å². The molecule has 5 nitrogen and oxygen atoms in total. The van der Waals surface area contributed by atoms with Gasteiger partial charge in [0.2, 0.25) is 5.91 Å². The van der Waals surface area contributed by atoms with E-state index >= 15 is 0 Å². The van der Waals surface area contributed by atoms with Gasteiger partial charge in [-0.3, -0.25) is 10.0 Å². The van der Waals surface area contributed by atoms with Crippen LogP contribution < -0.4 is 5.48 Å². The summed E-state index contributed by atoms with van der Waals surface area (Å²) in [5.41, 5.74) is 1.21. The fraction of sp³-hybridized carbons (Fsp3) is 0.870. The van der Waals surface area contributed by atoms with Gasteiger partial charge in [-0.15, -0.1) is 0 Å². The zero-order valence-electron chi connectivity index (χ0n) is 18.1. The van der Waals surface area contributed by atoms with Gasteiger partial charge in [0.15, 0.2) is 0 Å². The van der Waals surface area contributed by atoms with Crippen molar-refractivity contribution in [3.05, 3.63) is 12.2 Å². The summed E-state index contributed by atoms with van der Waals surface area (Å²) >= 11 is 0. The molecule has 2 aliphatic heterocycles. The molecule has 2 saturated heterocycles. The third-order valence-electron chi connectivity index (χ3n) is 6.56. The Morgan fingerprint density at radius 2 is 1.89 bits per heavy atom. The number of nitrogens with one attached hydrogen (secondary N) is 1. The first-order valence-corrected chi connectivity index (χ1v) is 11.3. The number of hydrogen-bond acceptors (Lipinski definition) is 4. The lowest BCUT2D eigenvalue weighted by atomic mass is 9.76. The van der Waals surface area contributed by atoms with Crippen molar-refractivity contribution in [2.75, 3.05) is 13.2 Å². The fourth-order valence-corrected chi connectivity index (χ4v) is 4.63. The zero-order chi connectivity index (χ0) is 20.4. The van der Waals surface area contributed by atoms with Crippen LogP contribution in [0.2, 0.25) is 0 Å². The highest BCUT2D eigenvalue weighted by Crippen LogP contribution is 2.46. The predicted molar refractivity (Wildman–Crippen MR) is 111 cm³/mol. The van der Waals surface area contributed by atoms with E-state index in [9.17, 15) is 4.79 Å². The molecular weight excluding hydrogens is 354 g/mol. The summed E-state index contributed by atoms with van der Waals surface area (Å²) < 4.78 is 12.1. The lowest BCUT2D eigenvalue weighted by Gasteiger charge is -2.27. The summed E-state index contributed by atoms with van der Waals surface area (Å²) in [4.78, 5) is 11.6. The highest BCUT2D eigenvalue weighted by Gasteiger charge is 2.47. The fourth-order valence-electron chi connectivity index (χ4n) is 4.63. The van der Waals surface area contributed by atoms with Crippen LogP contribution in [0.1, 0.15) is 85.0 Å². The molecule has 0 radical (unpaired) electrons. The van der Waals surface area contributed by atoms with Crippen LogP contribution in [0.25, 0.3) is 0 Å². The summed E-state index contributed by atoms with van der Waals surface area (Å²) in [6.45, 7) is 7.69. The van der Waals surface area contributed by atoms with E-state index in [0.29, 0.717) is 24.0 Å². The molecule has 2 rings (SSSR count). The van der Waals surface area contributed by atoms with Gasteiger partial charge in [0, 0.05) is 18.6 Å². The molecule has 28 heavy (non-hydrogen) atoms. The third-order valence-corrected chi connectivity index (χ3v) is 6.56. The summed E-state index contributed by atoms with van der Waals surface area (Å²) in [5, 5.41) is 8.81. The molecule has 0 aromatic carbocycles. The lowest BCUT2D eigenvalue weighted by Crippen LogP contribution is -2.34. The SMILES string of the molecule is CCCCCCOCC[C@@H]1[C@H](C/C=C\CCC(C)(C)C(=O)NO)[C@@H]2CC[C@H]1O2. The normalized spacial score (nSPS) is 27.0. The van der Waals surface area contributed by atoms with Gasteiger partial charge < -0.3 is 9.47 Å². The van der Waals surface area contributed by atoms with Crippen molar-refractivity contribution in [3.63, 3.8) is 0 Å². The summed E-state index contributed by atoms with van der Waals surface area (Å²) in [6, 6.07) is 0. The first-order chi connectivity index (χ1) is 13.5. The monoisotopic (exact) mass is 395 g/mol. The first kappa shape index (κ1) is 23.4. The number of rotatable bonds is 14. The highest BCUT2D eigenvalue weighted by molar-refractivity contribution is 5.80. The topological polar surface area (TPSA) is 67.8 Å². The molecule has 5 heteroatoms. The van der Waals surface area contributed by atoms with Gasteiger partial charge in [0.1, 0.15) is 0 Å². The second-order valence-corrected chi connectivity index (χ2v) is 9.15. The van der Waals surface area contributed by atoms with Crippen molar-refractivity contribution in [1.29, 1.82) is 0 Å². The van der Waals surface area contributed by atoms with E-state index in [-0.39, 0.29) is 5.91 Å². The molecule has 2 heterocycles. The van der Waals surface area contributed by atoms with Gasteiger partial charge in [-0.2, -0.15) is 0 Å². The average Bonchev–Trinajstić information content (AvgIpc) is 3.28. The van der Waals surface area contributed by atoms with Crippen molar-refractivity contribution >= 4 is 5.91 Å². The van der Waals surface area contributed by atoms with E-state index in [0.717, 1.165) is 38.9 Å². The second kappa shape index (κ2) is 11.9.